The molecule has 9 heteroatoms. The highest BCUT2D eigenvalue weighted by molar-refractivity contribution is 7.89. The summed E-state index contributed by atoms with van der Waals surface area (Å²) in [5.74, 6) is 1.48. The number of guanidine groups is 1. The molecule has 2 N–H and O–H groups in total. The van der Waals surface area contributed by atoms with E-state index in [2.05, 4.69) is 20.6 Å². The van der Waals surface area contributed by atoms with Gasteiger partial charge in [0.1, 0.15) is 6.26 Å². The Hall–Kier alpha value is -2.39. The zero-order chi connectivity index (χ0) is 20.7. The third-order valence-corrected chi connectivity index (χ3v) is 6.96. The van der Waals surface area contributed by atoms with Crippen LogP contribution >= 0.6 is 0 Å². The lowest BCUT2D eigenvalue weighted by Crippen LogP contribution is -2.49. The Balaban J connectivity index is 1.48. The zero-order valence-electron chi connectivity index (χ0n) is 17.0. The number of aliphatic imine (C=N–C) groups is 1. The SMILES string of the molecule is CCCS(=O)(=O)N1CCC(NC(=NC)NCc2coc(-c3ccccc3)n2)CC1. The van der Waals surface area contributed by atoms with Crippen LogP contribution in [0.25, 0.3) is 11.5 Å². The van der Waals surface area contributed by atoms with Gasteiger partial charge in [0.2, 0.25) is 15.9 Å². The molecule has 0 saturated carbocycles. The van der Waals surface area contributed by atoms with Crippen LogP contribution in [0.1, 0.15) is 31.9 Å². The van der Waals surface area contributed by atoms with E-state index in [9.17, 15) is 8.42 Å². The first kappa shape index (κ1) is 21.3. The molecule has 0 atom stereocenters. The number of piperidine rings is 1. The van der Waals surface area contributed by atoms with Crippen LogP contribution in [0.5, 0.6) is 0 Å². The highest BCUT2D eigenvalue weighted by Crippen LogP contribution is 2.18. The molecule has 2 heterocycles. The van der Waals surface area contributed by atoms with Crippen molar-refractivity contribution in [1.29, 1.82) is 0 Å². The summed E-state index contributed by atoms with van der Waals surface area (Å²) in [4.78, 5) is 8.77. The summed E-state index contributed by atoms with van der Waals surface area (Å²) >= 11 is 0. The van der Waals surface area contributed by atoms with Crippen LogP contribution in [0.3, 0.4) is 0 Å². The summed E-state index contributed by atoms with van der Waals surface area (Å²) < 4.78 is 31.5. The summed E-state index contributed by atoms with van der Waals surface area (Å²) in [5, 5.41) is 6.62. The molecule has 2 aromatic rings. The standard InChI is InChI=1S/C20H29N5O3S/c1-3-13-29(26,27)25-11-9-17(10-12-25)24-20(21-2)22-14-18-15-28-19(23-18)16-7-5-4-6-8-16/h4-8,15,17H,3,9-14H2,1-2H3,(H2,21,22,24). The number of oxazole rings is 1. The molecule has 8 nitrogen and oxygen atoms in total. The van der Waals surface area contributed by atoms with Gasteiger partial charge in [0.15, 0.2) is 5.96 Å². The first-order valence-electron chi connectivity index (χ1n) is 9.96. The van der Waals surface area contributed by atoms with Gasteiger partial charge in [-0.1, -0.05) is 25.1 Å². The van der Waals surface area contributed by atoms with Gasteiger partial charge in [0.25, 0.3) is 0 Å². The molecule has 3 rings (SSSR count). The topological polar surface area (TPSA) is 99.8 Å². The van der Waals surface area contributed by atoms with Crippen molar-refractivity contribution in [2.24, 2.45) is 4.99 Å². The second kappa shape index (κ2) is 9.89. The molecule has 0 spiro atoms. The Morgan fingerprint density at radius 1 is 1.28 bits per heavy atom. The number of sulfonamides is 1. The van der Waals surface area contributed by atoms with E-state index >= 15 is 0 Å². The van der Waals surface area contributed by atoms with Crippen molar-refractivity contribution in [3.63, 3.8) is 0 Å². The molecule has 1 aliphatic rings. The summed E-state index contributed by atoms with van der Waals surface area (Å²) in [6.45, 7) is 3.46. The van der Waals surface area contributed by atoms with Crippen LogP contribution in [0, 0.1) is 0 Å². The number of hydrogen-bond donors (Lipinski definition) is 2. The zero-order valence-corrected chi connectivity index (χ0v) is 17.8. The Bertz CT molecular complexity index is 903. The molecule has 0 radical (unpaired) electrons. The van der Waals surface area contributed by atoms with E-state index in [1.54, 1.807) is 17.6 Å². The van der Waals surface area contributed by atoms with Gasteiger partial charge in [-0.15, -0.1) is 0 Å². The van der Waals surface area contributed by atoms with Crippen LogP contribution in [0.2, 0.25) is 0 Å². The van der Waals surface area contributed by atoms with Crippen molar-refractivity contribution in [2.45, 2.75) is 38.8 Å². The highest BCUT2D eigenvalue weighted by atomic mass is 32.2. The van der Waals surface area contributed by atoms with Crippen molar-refractivity contribution in [3.8, 4) is 11.5 Å². The predicted octanol–water partition coefficient (Wildman–Crippen LogP) is 2.21. The number of nitrogens with zero attached hydrogens (tertiary/aromatic N) is 3. The smallest absolute Gasteiger partial charge is 0.226 e. The fourth-order valence-electron chi connectivity index (χ4n) is 3.33. The number of hydrogen-bond acceptors (Lipinski definition) is 5. The van der Waals surface area contributed by atoms with Gasteiger partial charge >= 0.3 is 0 Å². The van der Waals surface area contributed by atoms with Crippen LogP contribution in [-0.2, 0) is 16.6 Å². The van der Waals surface area contributed by atoms with Crippen molar-refractivity contribution >= 4 is 16.0 Å². The van der Waals surface area contributed by atoms with E-state index in [-0.39, 0.29) is 11.8 Å². The maximum absolute atomic E-state index is 12.2. The van der Waals surface area contributed by atoms with Crippen molar-refractivity contribution in [2.75, 3.05) is 25.9 Å². The minimum absolute atomic E-state index is 0.187. The molecular formula is C20H29N5O3S. The van der Waals surface area contributed by atoms with E-state index in [0.717, 1.165) is 24.1 Å². The third kappa shape index (κ3) is 5.80. The quantitative estimate of drug-likeness (QED) is 0.527. The molecule has 0 aliphatic carbocycles. The average molecular weight is 420 g/mol. The summed E-state index contributed by atoms with van der Waals surface area (Å²) in [5.41, 5.74) is 1.72. The highest BCUT2D eigenvalue weighted by Gasteiger charge is 2.27. The second-order valence-corrected chi connectivity index (χ2v) is 9.16. The molecule has 1 aromatic carbocycles. The molecule has 1 fully saturated rings. The Morgan fingerprint density at radius 3 is 2.66 bits per heavy atom. The molecule has 0 bridgehead atoms. The molecule has 1 aromatic heterocycles. The normalized spacial score (nSPS) is 16.7. The maximum atomic E-state index is 12.2. The minimum Gasteiger partial charge on any atom is -0.444 e. The van der Waals surface area contributed by atoms with E-state index in [4.69, 9.17) is 4.42 Å². The lowest BCUT2D eigenvalue weighted by molar-refractivity contribution is 0.306. The average Bonchev–Trinajstić information content (AvgIpc) is 3.21. The van der Waals surface area contributed by atoms with Crippen LogP contribution in [0.4, 0.5) is 0 Å². The van der Waals surface area contributed by atoms with Crippen LogP contribution in [0.15, 0.2) is 46.0 Å². The van der Waals surface area contributed by atoms with Gasteiger partial charge < -0.3 is 15.1 Å². The Labute approximate surface area is 172 Å². The predicted molar refractivity (Wildman–Crippen MR) is 114 cm³/mol. The number of rotatable bonds is 7. The maximum Gasteiger partial charge on any atom is 0.226 e. The molecule has 29 heavy (non-hydrogen) atoms. The van der Waals surface area contributed by atoms with Crippen LogP contribution in [-0.4, -0.2) is 55.6 Å². The Kier molecular flexibility index (Phi) is 7.27. The van der Waals surface area contributed by atoms with Gasteiger partial charge in [-0.05, 0) is 31.4 Å². The number of benzene rings is 1. The van der Waals surface area contributed by atoms with Crippen molar-refractivity contribution in [1.82, 2.24) is 19.9 Å². The fourth-order valence-corrected chi connectivity index (χ4v) is 4.87. The Morgan fingerprint density at radius 2 is 2.00 bits per heavy atom. The van der Waals surface area contributed by atoms with Gasteiger partial charge in [-0.2, -0.15) is 0 Å². The van der Waals surface area contributed by atoms with Gasteiger partial charge in [-0.3, -0.25) is 4.99 Å². The van der Waals surface area contributed by atoms with Crippen LogP contribution < -0.4 is 10.6 Å². The largest absolute Gasteiger partial charge is 0.444 e. The van der Waals surface area contributed by atoms with Gasteiger partial charge in [-0.25, -0.2) is 17.7 Å². The summed E-state index contributed by atoms with van der Waals surface area (Å²) in [6.07, 6.45) is 3.79. The van der Waals surface area contributed by atoms with E-state index in [1.165, 1.54) is 0 Å². The van der Waals surface area contributed by atoms with Crippen molar-refractivity contribution < 1.29 is 12.8 Å². The molecule has 158 valence electrons. The molecule has 1 saturated heterocycles. The summed E-state index contributed by atoms with van der Waals surface area (Å²) in [7, 11) is -1.40. The molecule has 1 aliphatic heterocycles. The van der Waals surface area contributed by atoms with Gasteiger partial charge in [0, 0.05) is 31.7 Å². The fraction of sp³-hybridized carbons (Fsp3) is 0.500. The monoisotopic (exact) mass is 419 g/mol. The van der Waals surface area contributed by atoms with Gasteiger partial charge in [0.05, 0.1) is 18.0 Å². The number of aromatic nitrogens is 1. The first-order chi connectivity index (χ1) is 14.0. The molecule has 0 unspecified atom stereocenters. The lowest BCUT2D eigenvalue weighted by Gasteiger charge is -2.32. The minimum atomic E-state index is -3.12. The third-order valence-electron chi connectivity index (χ3n) is 4.88. The molecule has 0 amide bonds. The van der Waals surface area contributed by atoms with E-state index < -0.39 is 10.0 Å². The summed E-state index contributed by atoms with van der Waals surface area (Å²) in [6, 6.07) is 9.94. The second-order valence-electron chi connectivity index (χ2n) is 7.07. The number of nitrogens with one attached hydrogen (secondary N) is 2. The first-order valence-corrected chi connectivity index (χ1v) is 11.6. The van der Waals surface area contributed by atoms with E-state index in [0.29, 0.717) is 37.9 Å². The van der Waals surface area contributed by atoms with E-state index in [1.807, 2.05) is 37.3 Å². The molecular weight excluding hydrogens is 390 g/mol. The lowest BCUT2D eigenvalue weighted by atomic mass is 10.1. The van der Waals surface area contributed by atoms with Crippen molar-refractivity contribution in [3.05, 3.63) is 42.3 Å².